The van der Waals surface area contributed by atoms with Gasteiger partial charge in [0.05, 0.1) is 36.2 Å². The van der Waals surface area contributed by atoms with Crippen LogP contribution in [0.25, 0.3) is 45.0 Å². The van der Waals surface area contributed by atoms with E-state index >= 15 is 0 Å². The van der Waals surface area contributed by atoms with Crippen LogP contribution >= 0.6 is 11.6 Å². The van der Waals surface area contributed by atoms with E-state index < -0.39 is 5.82 Å². The van der Waals surface area contributed by atoms with Crippen LogP contribution in [0.1, 0.15) is 68.2 Å². The Kier molecular flexibility index (Phi) is 13.1. The monoisotopic (exact) mass is 932 g/mol. The van der Waals surface area contributed by atoms with E-state index in [0.717, 1.165) is 61.1 Å². The summed E-state index contributed by atoms with van der Waals surface area (Å²) in [7, 11) is 7.72. The fraction of sp³-hybridized carbons (Fsp3) is 0.283. The topological polar surface area (TPSA) is 131 Å². The van der Waals surface area contributed by atoms with Crippen molar-refractivity contribution in [1.29, 1.82) is 0 Å². The van der Waals surface area contributed by atoms with Gasteiger partial charge in [0, 0.05) is 75.9 Å². The van der Waals surface area contributed by atoms with Crippen molar-refractivity contribution in [3.05, 3.63) is 160 Å². The van der Waals surface area contributed by atoms with Crippen LogP contribution < -0.4 is 20.9 Å². The molecule has 68 heavy (non-hydrogen) atoms. The average molecular weight is 934 g/mol. The van der Waals surface area contributed by atoms with Gasteiger partial charge < -0.3 is 20.9 Å². The number of allylic oxidation sites excluding steroid dienone is 2. The summed E-state index contributed by atoms with van der Waals surface area (Å²) in [5, 5.41) is 12.9. The van der Waals surface area contributed by atoms with Crippen molar-refractivity contribution >= 4 is 51.2 Å². The molecule has 4 aliphatic carbocycles. The average Bonchev–Trinajstić information content (AvgIpc) is 4.13. The lowest BCUT2D eigenvalue weighted by Gasteiger charge is -2.26. The number of rotatable bonds is 6. The zero-order valence-electron chi connectivity index (χ0n) is 37.9. The van der Waals surface area contributed by atoms with Crippen LogP contribution in [0.4, 0.5) is 26.0 Å². The summed E-state index contributed by atoms with van der Waals surface area (Å²) in [6, 6.07) is 24.6. The van der Waals surface area contributed by atoms with E-state index in [1.54, 1.807) is 41.4 Å². The minimum Gasteiger partial charge on any atom is -0.373 e. The van der Waals surface area contributed by atoms with Crippen molar-refractivity contribution in [2.75, 3.05) is 43.3 Å². The van der Waals surface area contributed by atoms with E-state index in [4.69, 9.17) is 22.3 Å². The van der Waals surface area contributed by atoms with E-state index in [9.17, 15) is 8.78 Å². The zero-order chi connectivity index (χ0) is 46.3. The lowest BCUT2D eigenvalue weighted by atomic mass is 9.88. The molecule has 12 nitrogen and oxygen atoms in total. The molecule has 348 valence electrons. The minimum absolute atomic E-state index is 0. The predicted molar refractivity (Wildman–Crippen MR) is 270 cm³/mol. The Morgan fingerprint density at radius 2 is 1.16 bits per heavy atom. The molecule has 0 radical (unpaired) electrons. The van der Waals surface area contributed by atoms with E-state index in [1.165, 1.54) is 69.9 Å². The van der Waals surface area contributed by atoms with Gasteiger partial charge in [0.15, 0.2) is 11.3 Å². The molecule has 6 aromatic heterocycles. The van der Waals surface area contributed by atoms with Gasteiger partial charge in [-0.2, -0.15) is 14.7 Å². The van der Waals surface area contributed by atoms with Crippen molar-refractivity contribution in [2.45, 2.75) is 70.9 Å². The summed E-state index contributed by atoms with van der Waals surface area (Å²) in [6.45, 7) is 0. The van der Waals surface area contributed by atoms with Crippen molar-refractivity contribution in [2.24, 2.45) is 5.73 Å². The number of hydrogen-bond acceptors (Lipinski definition) is 10. The van der Waals surface area contributed by atoms with Crippen molar-refractivity contribution in [3.63, 3.8) is 0 Å². The van der Waals surface area contributed by atoms with E-state index in [1.807, 2.05) is 54.8 Å². The summed E-state index contributed by atoms with van der Waals surface area (Å²) in [4.78, 5) is 21.0. The second-order valence-electron chi connectivity index (χ2n) is 18.0. The summed E-state index contributed by atoms with van der Waals surface area (Å²) in [6.07, 6.45) is 17.9. The first-order valence-electron chi connectivity index (χ1n) is 22.6. The van der Waals surface area contributed by atoms with Gasteiger partial charge in [-0.25, -0.2) is 23.3 Å². The number of nitrogens with one attached hydrogen (secondary N) is 1. The molecule has 0 bridgehead atoms. The number of aromatic nitrogens is 8. The Morgan fingerprint density at radius 1 is 0.647 bits per heavy atom. The van der Waals surface area contributed by atoms with E-state index in [2.05, 4.69) is 79.0 Å². The molecule has 3 N–H and O–H groups in total. The normalized spacial score (nSPS) is 16.7. The van der Waals surface area contributed by atoms with Crippen LogP contribution in [-0.4, -0.2) is 79.4 Å². The highest BCUT2D eigenvalue weighted by molar-refractivity contribution is 6.30. The molecule has 12 rings (SSSR count). The van der Waals surface area contributed by atoms with Gasteiger partial charge in [0.2, 0.25) is 0 Å². The highest BCUT2D eigenvalue weighted by Crippen LogP contribution is 2.43. The predicted octanol–water partition coefficient (Wildman–Crippen LogP) is 10.8. The number of halogens is 3. The number of benzene rings is 2. The third-order valence-electron chi connectivity index (χ3n) is 13.1. The Balaban J connectivity index is 0.000000140. The first-order valence-corrected chi connectivity index (χ1v) is 22.9. The molecule has 0 saturated carbocycles. The van der Waals surface area contributed by atoms with Gasteiger partial charge >= 0.3 is 0 Å². The van der Waals surface area contributed by atoms with Crippen molar-refractivity contribution < 1.29 is 8.78 Å². The van der Waals surface area contributed by atoms with Crippen molar-refractivity contribution in [3.8, 4) is 22.5 Å². The third kappa shape index (κ3) is 9.17. The highest BCUT2D eigenvalue weighted by atomic mass is 35.5. The smallest absolute Gasteiger partial charge is 0.181 e. The number of fused-ring (bicyclic) bond motifs is 6. The minimum atomic E-state index is -0.415. The largest absolute Gasteiger partial charge is 0.373 e. The lowest BCUT2D eigenvalue weighted by Crippen LogP contribution is -2.24. The standard InChI is InChI=1S/C26H25FN6.C13H11ClFN5.C13H15N.CH4/c1-32(2)24-15-29-33-25(12-23(31-26(24)33)18-10-19(27)14-28-13-18)30-20-8-7-17-9-16-5-3-4-6-21(16)22(17)11-20;1-19(2)11-7-17-20-12(14)4-10(18-13(11)20)8-3-9(15)6-16-5-8;14-11-6-5-10-7-9-3-1-2-4-12(9)13(10)8-11;/h3-6,10,12-15,20,30H,7-9,11H2,1-2H3;3-7H,1-2H3;1-4,11H,5-8,14H2;1H4/t20-;;11-;/m1.1./s1. The van der Waals surface area contributed by atoms with E-state index in [0.29, 0.717) is 39.4 Å². The van der Waals surface area contributed by atoms with Crippen molar-refractivity contribution in [1.82, 2.24) is 39.2 Å². The first kappa shape index (κ1) is 46.1. The molecule has 4 aliphatic rings. The number of pyridine rings is 2. The zero-order valence-corrected chi connectivity index (χ0v) is 38.6. The molecular weight excluding hydrogens is 878 g/mol. The van der Waals surface area contributed by atoms with Crippen LogP contribution in [0.2, 0.25) is 5.15 Å². The molecule has 2 atom stereocenters. The van der Waals surface area contributed by atoms with Crippen LogP contribution in [0.5, 0.6) is 0 Å². The van der Waals surface area contributed by atoms with Gasteiger partial charge in [-0.3, -0.25) is 9.97 Å². The van der Waals surface area contributed by atoms with Gasteiger partial charge in [0.1, 0.15) is 34.0 Å². The number of nitrogens with two attached hydrogens (primary N) is 1. The number of nitrogens with zero attached hydrogens (tertiary/aromatic N) is 10. The second-order valence-corrected chi connectivity index (χ2v) is 18.4. The van der Waals surface area contributed by atoms with Crippen LogP contribution in [0, 0.1) is 11.6 Å². The Hall–Kier alpha value is -7.03. The molecule has 0 saturated heterocycles. The van der Waals surface area contributed by atoms with Crippen LogP contribution in [-0.2, 0) is 12.8 Å². The molecule has 8 aromatic rings. The molecule has 0 spiro atoms. The molecule has 6 heterocycles. The second kappa shape index (κ2) is 19.3. The SMILES string of the molecule is C.CN(C)c1cnn2c(Cl)cc(-c3cncc(F)c3)nc12.CN(C)c1cnn2c(N[C@@H]3CCC4=C(C3)c3ccccc3C4)cc(-c3cncc(F)c3)nc12.N[C@@H]1CCC2=C(C1)c1ccccc1C2. The fourth-order valence-electron chi connectivity index (χ4n) is 9.73. The van der Waals surface area contributed by atoms with Gasteiger partial charge in [-0.05, 0) is 96.9 Å². The number of anilines is 3. The maximum atomic E-state index is 13.9. The lowest BCUT2D eigenvalue weighted by molar-refractivity contribution is 0.600. The Morgan fingerprint density at radius 3 is 1.74 bits per heavy atom. The molecule has 0 unspecified atom stereocenters. The quantitative estimate of drug-likeness (QED) is 0.155. The molecule has 2 aromatic carbocycles. The maximum Gasteiger partial charge on any atom is 0.181 e. The Labute approximate surface area is 400 Å². The van der Waals surface area contributed by atoms with Crippen LogP contribution in [0.15, 0.2) is 121 Å². The molecule has 0 fully saturated rings. The summed E-state index contributed by atoms with van der Waals surface area (Å²) in [5.41, 5.74) is 23.6. The van der Waals surface area contributed by atoms with Gasteiger partial charge in [-0.15, -0.1) is 0 Å². The maximum absolute atomic E-state index is 13.9. The molecule has 15 heteroatoms. The molecule has 0 aliphatic heterocycles. The van der Waals surface area contributed by atoms with Gasteiger partial charge in [-0.1, -0.05) is 78.7 Å². The van der Waals surface area contributed by atoms with Gasteiger partial charge in [0.25, 0.3) is 0 Å². The van der Waals surface area contributed by atoms with Crippen LogP contribution in [0.3, 0.4) is 0 Å². The summed E-state index contributed by atoms with van der Waals surface area (Å²) in [5.74, 6) is 0.0611. The Bertz CT molecular complexity index is 3230. The highest BCUT2D eigenvalue weighted by Gasteiger charge is 2.29. The summed E-state index contributed by atoms with van der Waals surface area (Å²) >= 11 is 6.20. The third-order valence-corrected chi connectivity index (χ3v) is 13.3. The molecular formula is C53H55ClF2N12. The summed E-state index contributed by atoms with van der Waals surface area (Å²) < 4.78 is 30.5. The number of hydrogen-bond donors (Lipinski definition) is 2. The van der Waals surface area contributed by atoms with E-state index in [-0.39, 0.29) is 19.3 Å². The first-order chi connectivity index (χ1) is 32.5. The fourth-order valence-corrected chi connectivity index (χ4v) is 9.96. The molecule has 0 amide bonds.